The Kier molecular flexibility index (Phi) is 4.95. The summed E-state index contributed by atoms with van der Waals surface area (Å²) < 4.78 is 0. The van der Waals surface area contributed by atoms with Gasteiger partial charge in [0.05, 0.1) is 6.17 Å². The molecule has 0 aromatic rings. The average Bonchev–Trinajstić information content (AvgIpc) is 2.31. The van der Waals surface area contributed by atoms with Crippen molar-refractivity contribution in [2.75, 3.05) is 20.3 Å². The van der Waals surface area contributed by atoms with Gasteiger partial charge in [-0.25, -0.2) is 0 Å². The zero-order chi connectivity index (χ0) is 12.0. The van der Waals surface area contributed by atoms with E-state index in [4.69, 9.17) is 0 Å². The Morgan fingerprint density at radius 3 is 2.88 bits per heavy atom. The molecule has 4 nitrogen and oxygen atoms in total. The van der Waals surface area contributed by atoms with E-state index in [2.05, 4.69) is 23.4 Å². The van der Waals surface area contributed by atoms with Gasteiger partial charge in [-0.05, 0) is 32.2 Å². The van der Waals surface area contributed by atoms with E-state index in [1.165, 1.54) is 6.08 Å². The molecule has 0 aliphatic carbocycles. The molecule has 1 atom stereocenters. The molecule has 1 fully saturated rings. The Balaban J connectivity index is 2.81. The van der Waals surface area contributed by atoms with E-state index >= 15 is 0 Å². The first kappa shape index (κ1) is 12.7. The third-order valence-corrected chi connectivity index (χ3v) is 2.58. The van der Waals surface area contributed by atoms with Gasteiger partial charge < -0.3 is 5.32 Å². The number of rotatable bonds is 4. The highest BCUT2D eigenvalue weighted by molar-refractivity contribution is 5.88. The topological polar surface area (TPSA) is 35.6 Å². The van der Waals surface area contributed by atoms with Crippen LogP contribution in [0.5, 0.6) is 0 Å². The van der Waals surface area contributed by atoms with Gasteiger partial charge in [-0.1, -0.05) is 19.2 Å². The lowest BCUT2D eigenvalue weighted by molar-refractivity contribution is -0.129. The van der Waals surface area contributed by atoms with Gasteiger partial charge >= 0.3 is 0 Å². The van der Waals surface area contributed by atoms with Crippen molar-refractivity contribution >= 4 is 5.91 Å². The lowest BCUT2D eigenvalue weighted by Crippen LogP contribution is -2.54. The summed E-state index contributed by atoms with van der Waals surface area (Å²) in [5, 5.41) is 3.25. The number of amides is 1. The highest BCUT2D eigenvalue weighted by atomic mass is 16.2. The molecule has 1 saturated heterocycles. The van der Waals surface area contributed by atoms with Crippen molar-refractivity contribution in [3.8, 4) is 0 Å². The van der Waals surface area contributed by atoms with Gasteiger partial charge in [0.2, 0.25) is 0 Å². The molecule has 1 unspecified atom stereocenters. The number of carbonyl (C=O) groups excluding carboxylic acids is 1. The van der Waals surface area contributed by atoms with Crippen LogP contribution in [0.1, 0.15) is 6.42 Å². The van der Waals surface area contributed by atoms with Gasteiger partial charge in [-0.3, -0.25) is 14.6 Å². The molecule has 1 aliphatic heterocycles. The molecule has 0 radical (unpaired) electrons. The van der Waals surface area contributed by atoms with Crippen LogP contribution in [0.15, 0.2) is 37.6 Å². The summed E-state index contributed by atoms with van der Waals surface area (Å²) in [6.07, 6.45) is 7.49. The summed E-state index contributed by atoms with van der Waals surface area (Å²) in [5.74, 6) is -0.0862. The second-order valence-corrected chi connectivity index (χ2v) is 3.71. The fourth-order valence-electron chi connectivity index (χ4n) is 1.74. The smallest absolute Gasteiger partial charge is 0.251 e. The molecule has 0 aromatic heterocycles. The highest BCUT2D eigenvalue weighted by Crippen LogP contribution is 2.12. The van der Waals surface area contributed by atoms with Crippen LogP contribution in [0, 0.1) is 0 Å². The van der Waals surface area contributed by atoms with E-state index in [9.17, 15) is 4.79 Å². The minimum absolute atomic E-state index is 0.0861. The molecule has 0 bridgehead atoms. The number of carbonyl (C=O) groups is 1. The third-order valence-electron chi connectivity index (χ3n) is 2.58. The van der Waals surface area contributed by atoms with E-state index in [0.717, 1.165) is 19.6 Å². The lowest BCUT2D eigenvalue weighted by atomic mass is 10.2. The van der Waals surface area contributed by atoms with E-state index in [0.29, 0.717) is 0 Å². The van der Waals surface area contributed by atoms with Gasteiger partial charge in [0.25, 0.3) is 5.91 Å². The quantitative estimate of drug-likeness (QED) is 0.566. The van der Waals surface area contributed by atoms with Crippen LogP contribution in [-0.4, -0.2) is 42.1 Å². The predicted molar refractivity (Wildman–Crippen MR) is 65.4 cm³/mol. The van der Waals surface area contributed by atoms with Gasteiger partial charge in [0.15, 0.2) is 0 Å². The molecular weight excluding hydrogens is 202 g/mol. The predicted octanol–water partition coefficient (Wildman–Crippen LogP) is 0.909. The minimum Gasteiger partial charge on any atom is -0.304 e. The van der Waals surface area contributed by atoms with E-state index in [-0.39, 0.29) is 12.1 Å². The maximum Gasteiger partial charge on any atom is 0.251 e. The van der Waals surface area contributed by atoms with Crippen LogP contribution >= 0.6 is 0 Å². The lowest BCUT2D eigenvalue weighted by Gasteiger charge is -2.38. The van der Waals surface area contributed by atoms with Crippen LogP contribution in [0.4, 0.5) is 0 Å². The maximum atomic E-state index is 11.7. The molecule has 1 heterocycles. The van der Waals surface area contributed by atoms with Crippen molar-refractivity contribution in [1.29, 1.82) is 0 Å². The summed E-state index contributed by atoms with van der Waals surface area (Å²) in [6.45, 7) is 8.83. The summed E-state index contributed by atoms with van der Waals surface area (Å²) >= 11 is 0. The second-order valence-electron chi connectivity index (χ2n) is 3.71. The molecule has 1 aliphatic rings. The molecule has 0 saturated carbocycles. The zero-order valence-electron chi connectivity index (χ0n) is 9.72. The Morgan fingerprint density at radius 2 is 2.31 bits per heavy atom. The first-order valence-electron chi connectivity index (χ1n) is 5.35. The Morgan fingerprint density at radius 1 is 1.56 bits per heavy atom. The van der Waals surface area contributed by atoms with Gasteiger partial charge in [0, 0.05) is 12.9 Å². The number of nitrogens with zero attached hydrogens (tertiary/aromatic N) is 2. The summed E-state index contributed by atoms with van der Waals surface area (Å²) in [6, 6.07) is 0. The van der Waals surface area contributed by atoms with E-state index < -0.39 is 0 Å². The Hall–Kier alpha value is -1.39. The van der Waals surface area contributed by atoms with Crippen molar-refractivity contribution < 1.29 is 4.79 Å². The van der Waals surface area contributed by atoms with Crippen molar-refractivity contribution in [2.45, 2.75) is 12.6 Å². The first-order chi connectivity index (χ1) is 7.70. The fourth-order valence-corrected chi connectivity index (χ4v) is 1.74. The normalized spacial score (nSPS) is 21.9. The van der Waals surface area contributed by atoms with Crippen molar-refractivity contribution in [2.24, 2.45) is 0 Å². The van der Waals surface area contributed by atoms with Crippen LogP contribution in [0.2, 0.25) is 0 Å². The molecular formula is C12H19N3O. The molecule has 1 rings (SSSR count). The molecule has 1 N–H and O–H groups in total. The highest BCUT2D eigenvalue weighted by Gasteiger charge is 2.25. The first-order valence-corrected chi connectivity index (χ1v) is 5.35. The van der Waals surface area contributed by atoms with E-state index in [1.807, 2.05) is 7.05 Å². The van der Waals surface area contributed by atoms with Gasteiger partial charge in [0.1, 0.15) is 0 Å². The molecule has 4 heteroatoms. The van der Waals surface area contributed by atoms with Crippen LogP contribution in [0.3, 0.4) is 0 Å². The standard InChI is InChI=1S/C12H19N3O/c1-4-6-9-15(12(16)5-2)11-7-8-13-10-14(11)3/h4-6,9,11,13H,1-2,7-8,10H2,3H3/b9-6-. The zero-order valence-corrected chi connectivity index (χ0v) is 9.72. The second kappa shape index (κ2) is 6.25. The largest absolute Gasteiger partial charge is 0.304 e. The number of hydrogen-bond donors (Lipinski definition) is 1. The van der Waals surface area contributed by atoms with Crippen LogP contribution < -0.4 is 5.32 Å². The van der Waals surface area contributed by atoms with Crippen LogP contribution in [0.25, 0.3) is 0 Å². The number of allylic oxidation sites excluding steroid dienone is 2. The van der Waals surface area contributed by atoms with Gasteiger partial charge in [-0.15, -0.1) is 0 Å². The van der Waals surface area contributed by atoms with E-state index in [1.54, 1.807) is 23.3 Å². The summed E-state index contributed by atoms with van der Waals surface area (Å²) in [7, 11) is 1.99. The number of nitrogens with one attached hydrogen (secondary N) is 1. The number of hydrogen-bond acceptors (Lipinski definition) is 3. The van der Waals surface area contributed by atoms with Gasteiger partial charge in [-0.2, -0.15) is 0 Å². The van der Waals surface area contributed by atoms with Crippen molar-refractivity contribution in [3.63, 3.8) is 0 Å². The molecule has 1 amide bonds. The molecule has 0 aromatic carbocycles. The molecule has 16 heavy (non-hydrogen) atoms. The van der Waals surface area contributed by atoms with Crippen LogP contribution in [-0.2, 0) is 4.79 Å². The summed E-state index contributed by atoms with van der Waals surface area (Å²) in [5.41, 5.74) is 0. The van der Waals surface area contributed by atoms with Crippen molar-refractivity contribution in [3.05, 3.63) is 37.6 Å². The Labute approximate surface area is 96.9 Å². The van der Waals surface area contributed by atoms with Crippen molar-refractivity contribution in [1.82, 2.24) is 15.1 Å². The SMILES string of the molecule is C=C/C=C\N(C(=O)C=C)C1CCNCN1C. The average molecular weight is 221 g/mol. The monoisotopic (exact) mass is 221 g/mol. The minimum atomic E-state index is -0.0862. The summed E-state index contributed by atoms with van der Waals surface area (Å²) in [4.78, 5) is 15.5. The molecule has 88 valence electrons. The molecule has 0 spiro atoms. The Bertz CT molecular complexity index is 299. The third kappa shape index (κ3) is 3.05. The maximum absolute atomic E-state index is 11.7. The fraction of sp³-hybridized carbons (Fsp3) is 0.417.